The second-order valence-electron chi connectivity index (χ2n) is 4.92. The lowest BCUT2D eigenvalue weighted by atomic mass is 10.1. The normalized spacial score (nSPS) is 16.8. The molecule has 0 spiro atoms. The molecule has 0 atom stereocenters. The highest BCUT2D eigenvalue weighted by Crippen LogP contribution is 2.51. The lowest BCUT2D eigenvalue weighted by Crippen LogP contribution is -2.18. The molecule has 0 aliphatic heterocycles. The summed E-state index contributed by atoms with van der Waals surface area (Å²) >= 11 is 1.69. The van der Waals surface area contributed by atoms with E-state index in [1.807, 2.05) is 19.9 Å². The topological polar surface area (TPSA) is 75.7 Å². The van der Waals surface area contributed by atoms with Crippen molar-refractivity contribution in [2.75, 3.05) is 5.75 Å². The minimum Gasteiger partial charge on any atom is -0.388 e. The van der Waals surface area contributed by atoms with Crippen LogP contribution in [0.4, 0.5) is 0 Å². The Bertz CT molecular complexity index is 420. The van der Waals surface area contributed by atoms with Gasteiger partial charge in [0.2, 0.25) is 0 Å². The number of nitrogens with two attached hydrogens (primary N) is 1. The van der Waals surface area contributed by atoms with Crippen LogP contribution in [0.2, 0.25) is 0 Å². The fourth-order valence-corrected chi connectivity index (χ4v) is 3.17. The predicted molar refractivity (Wildman–Crippen MR) is 70.4 cm³/mol. The number of rotatable bonds is 5. The summed E-state index contributed by atoms with van der Waals surface area (Å²) in [5.74, 6) is 1.26. The zero-order chi connectivity index (χ0) is 12.5. The number of aryl methyl sites for hydroxylation is 2. The zero-order valence-electron chi connectivity index (χ0n) is 10.3. The summed E-state index contributed by atoms with van der Waals surface area (Å²) in [6, 6.07) is 1.98. The molecule has 4 nitrogen and oxygen atoms in total. The number of amidine groups is 1. The Morgan fingerprint density at radius 1 is 1.41 bits per heavy atom. The van der Waals surface area contributed by atoms with Gasteiger partial charge < -0.3 is 5.73 Å². The molecule has 0 amide bonds. The van der Waals surface area contributed by atoms with Gasteiger partial charge in [-0.05, 0) is 38.2 Å². The summed E-state index contributed by atoms with van der Waals surface area (Å²) in [6.07, 6.45) is 3.06. The van der Waals surface area contributed by atoms with E-state index >= 15 is 0 Å². The minimum atomic E-state index is 0.248. The van der Waals surface area contributed by atoms with Gasteiger partial charge in [-0.25, -0.2) is 9.97 Å². The molecule has 2 rings (SSSR count). The maximum absolute atomic E-state index is 7.38. The largest absolute Gasteiger partial charge is 0.388 e. The number of thioether (sulfide) groups is 1. The molecule has 5 heteroatoms. The van der Waals surface area contributed by atoms with Crippen LogP contribution in [0.1, 0.15) is 30.7 Å². The number of nitrogens with one attached hydrogen (secondary N) is 1. The van der Waals surface area contributed by atoms with Crippen molar-refractivity contribution >= 4 is 17.6 Å². The van der Waals surface area contributed by atoms with E-state index in [9.17, 15) is 0 Å². The molecule has 92 valence electrons. The molecule has 0 aromatic carbocycles. The van der Waals surface area contributed by atoms with Gasteiger partial charge in [0.15, 0.2) is 5.16 Å². The smallest absolute Gasteiger partial charge is 0.187 e. The quantitative estimate of drug-likeness (QED) is 0.364. The Morgan fingerprint density at radius 2 is 2.00 bits per heavy atom. The number of nitrogens with zero attached hydrogens (tertiary/aromatic N) is 2. The zero-order valence-corrected chi connectivity index (χ0v) is 11.1. The molecule has 1 saturated carbocycles. The standard InChI is InChI=1S/C12H18N4S/c1-8-5-9(2)16-11(15-8)17-7-12(3-4-12)6-10(13)14/h5H,3-4,6-7H2,1-2H3,(H3,13,14). The van der Waals surface area contributed by atoms with Gasteiger partial charge in [-0.2, -0.15) is 0 Å². The molecule has 0 radical (unpaired) electrons. The first-order chi connectivity index (χ1) is 7.99. The van der Waals surface area contributed by atoms with E-state index in [1.165, 1.54) is 12.8 Å². The van der Waals surface area contributed by atoms with Crippen LogP contribution in [-0.4, -0.2) is 21.6 Å². The first-order valence-corrected chi connectivity index (χ1v) is 6.76. The number of aromatic nitrogens is 2. The van der Waals surface area contributed by atoms with Crippen molar-refractivity contribution in [3.05, 3.63) is 17.5 Å². The van der Waals surface area contributed by atoms with Crippen LogP contribution in [0.25, 0.3) is 0 Å². The Morgan fingerprint density at radius 3 is 2.47 bits per heavy atom. The Labute approximate surface area is 106 Å². The van der Waals surface area contributed by atoms with Crippen LogP contribution in [0, 0.1) is 24.7 Å². The Hall–Kier alpha value is -1.10. The summed E-state index contributed by atoms with van der Waals surface area (Å²) in [5.41, 5.74) is 7.75. The third-order valence-electron chi connectivity index (χ3n) is 2.99. The Balaban J connectivity index is 1.96. The Kier molecular flexibility index (Phi) is 3.38. The van der Waals surface area contributed by atoms with Gasteiger partial charge in [0, 0.05) is 23.6 Å². The molecule has 17 heavy (non-hydrogen) atoms. The molecule has 3 N–H and O–H groups in total. The summed E-state index contributed by atoms with van der Waals surface area (Å²) in [6.45, 7) is 3.97. The average molecular weight is 250 g/mol. The van der Waals surface area contributed by atoms with E-state index in [-0.39, 0.29) is 5.41 Å². The highest BCUT2D eigenvalue weighted by atomic mass is 32.2. The van der Waals surface area contributed by atoms with Crippen LogP contribution < -0.4 is 5.73 Å². The summed E-state index contributed by atoms with van der Waals surface area (Å²) in [5, 5.41) is 8.22. The van der Waals surface area contributed by atoms with Gasteiger partial charge in [0.25, 0.3) is 0 Å². The molecular formula is C12H18N4S. The van der Waals surface area contributed by atoms with Crippen molar-refractivity contribution in [3.8, 4) is 0 Å². The van der Waals surface area contributed by atoms with Crippen LogP contribution >= 0.6 is 11.8 Å². The van der Waals surface area contributed by atoms with Crippen molar-refractivity contribution < 1.29 is 0 Å². The summed E-state index contributed by atoms with van der Waals surface area (Å²) < 4.78 is 0. The van der Waals surface area contributed by atoms with Gasteiger partial charge in [0.05, 0.1) is 5.84 Å². The summed E-state index contributed by atoms with van der Waals surface area (Å²) in [4.78, 5) is 8.82. The second-order valence-corrected chi connectivity index (χ2v) is 5.87. The molecule has 1 fully saturated rings. The highest BCUT2D eigenvalue weighted by Gasteiger charge is 2.43. The lowest BCUT2D eigenvalue weighted by Gasteiger charge is -2.12. The van der Waals surface area contributed by atoms with E-state index in [2.05, 4.69) is 9.97 Å². The van der Waals surface area contributed by atoms with Crippen LogP contribution in [0.3, 0.4) is 0 Å². The van der Waals surface area contributed by atoms with Crippen molar-refractivity contribution in [1.82, 2.24) is 9.97 Å². The van der Waals surface area contributed by atoms with Gasteiger partial charge in [-0.3, -0.25) is 5.41 Å². The molecule has 1 aromatic rings. The van der Waals surface area contributed by atoms with Gasteiger partial charge >= 0.3 is 0 Å². The van der Waals surface area contributed by atoms with E-state index in [0.29, 0.717) is 12.3 Å². The molecule has 1 heterocycles. The van der Waals surface area contributed by atoms with E-state index in [4.69, 9.17) is 11.1 Å². The first kappa shape index (κ1) is 12.4. The van der Waals surface area contributed by atoms with Crippen LogP contribution in [0.5, 0.6) is 0 Å². The molecule has 1 aliphatic rings. The van der Waals surface area contributed by atoms with Crippen molar-refractivity contribution in [2.45, 2.75) is 38.3 Å². The maximum Gasteiger partial charge on any atom is 0.187 e. The SMILES string of the molecule is Cc1cc(C)nc(SCC2(CC(=N)N)CC2)n1. The maximum atomic E-state index is 7.38. The molecule has 1 aromatic heterocycles. The third-order valence-corrected chi connectivity index (χ3v) is 4.19. The number of hydrogen-bond acceptors (Lipinski definition) is 4. The average Bonchev–Trinajstić information content (AvgIpc) is 2.93. The van der Waals surface area contributed by atoms with Crippen molar-refractivity contribution in [1.29, 1.82) is 5.41 Å². The van der Waals surface area contributed by atoms with Gasteiger partial charge in [-0.15, -0.1) is 0 Å². The molecule has 0 bridgehead atoms. The predicted octanol–water partition coefficient (Wildman–Crippen LogP) is 2.29. The molecular weight excluding hydrogens is 232 g/mol. The third kappa shape index (κ3) is 3.43. The van der Waals surface area contributed by atoms with E-state index < -0.39 is 0 Å². The molecule has 1 aliphatic carbocycles. The minimum absolute atomic E-state index is 0.248. The lowest BCUT2D eigenvalue weighted by molar-refractivity contribution is 0.610. The first-order valence-electron chi connectivity index (χ1n) is 5.77. The molecule has 0 unspecified atom stereocenters. The van der Waals surface area contributed by atoms with E-state index in [0.717, 1.165) is 22.3 Å². The second kappa shape index (κ2) is 4.64. The fourth-order valence-electron chi connectivity index (χ4n) is 1.93. The highest BCUT2D eigenvalue weighted by molar-refractivity contribution is 7.99. The van der Waals surface area contributed by atoms with Gasteiger partial charge in [-0.1, -0.05) is 11.8 Å². The van der Waals surface area contributed by atoms with Gasteiger partial charge in [0.1, 0.15) is 0 Å². The number of hydrogen-bond donors (Lipinski definition) is 2. The van der Waals surface area contributed by atoms with E-state index in [1.54, 1.807) is 11.8 Å². The molecule has 0 saturated heterocycles. The van der Waals surface area contributed by atoms with Crippen molar-refractivity contribution in [3.63, 3.8) is 0 Å². The van der Waals surface area contributed by atoms with Crippen molar-refractivity contribution in [2.24, 2.45) is 11.1 Å². The monoisotopic (exact) mass is 250 g/mol. The summed E-state index contributed by atoms with van der Waals surface area (Å²) in [7, 11) is 0. The van der Waals surface area contributed by atoms with Crippen LogP contribution in [-0.2, 0) is 0 Å². The fraction of sp³-hybridized carbons (Fsp3) is 0.583. The van der Waals surface area contributed by atoms with Crippen LogP contribution in [0.15, 0.2) is 11.2 Å².